The lowest BCUT2D eigenvalue weighted by molar-refractivity contribution is -0.143. The van der Waals surface area contributed by atoms with E-state index in [1.165, 1.54) is 0 Å². The van der Waals surface area contributed by atoms with Gasteiger partial charge in [0, 0.05) is 13.1 Å². The number of ether oxygens (including phenoxy) is 2. The Morgan fingerprint density at radius 2 is 2.17 bits per heavy atom. The molecule has 0 saturated carbocycles. The van der Waals surface area contributed by atoms with Gasteiger partial charge in [-0.05, 0) is 24.6 Å². The Balaban J connectivity index is 2.19. The van der Waals surface area contributed by atoms with Crippen molar-refractivity contribution in [3.05, 3.63) is 23.8 Å². The zero-order chi connectivity index (χ0) is 13.2. The van der Waals surface area contributed by atoms with Gasteiger partial charge in [-0.1, -0.05) is 6.07 Å². The number of carboxylic acids is 1. The predicted octanol–water partition coefficient (Wildman–Crippen LogP) is 1.20. The number of methoxy groups -OCH3 is 1. The molecule has 0 bridgehead atoms. The zero-order valence-corrected chi connectivity index (χ0v) is 10.5. The van der Waals surface area contributed by atoms with E-state index in [2.05, 4.69) is 5.32 Å². The molecule has 0 unspecified atom stereocenters. The Kier molecular flexibility index (Phi) is 3.43. The maximum absolute atomic E-state index is 10.9. The summed E-state index contributed by atoms with van der Waals surface area (Å²) in [4.78, 5) is 10.9. The van der Waals surface area contributed by atoms with Crippen LogP contribution in [-0.4, -0.2) is 36.9 Å². The normalized spacial score (nSPS) is 16.8. The van der Waals surface area contributed by atoms with Gasteiger partial charge in [0.05, 0.1) is 13.5 Å². The molecule has 1 fully saturated rings. The fourth-order valence-corrected chi connectivity index (χ4v) is 2.01. The van der Waals surface area contributed by atoms with Gasteiger partial charge < -0.3 is 19.9 Å². The van der Waals surface area contributed by atoms with E-state index in [4.69, 9.17) is 14.6 Å². The second-order valence-corrected chi connectivity index (χ2v) is 4.61. The molecule has 1 heterocycles. The quantitative estimate of drug-likeness (QED) is 0.823. The number of benzene rings is 1. The van der Waals surface area contributed by atoms with Crippen LogP contribution in [0.2, 0.25) is 0 Å². The average molecular weight is 251 g/mol. The summed E-state index contributed by atoms with van der Waals surface area (Å²) < 4.78 is 11.1. The van der Waals surface area contributed by atoms with E-state index in [-0.39, 0.29) is 6.42 Å². The summed E-state index contributed by atoms with van der Waals surface area (Å²) in [5.74, 6) is 0.361. The molecule has 0 amide bonds. The molecule has 0 aliphatic carbocycles. The number of aliphatic carboxylic acids is 1. The van der Waals surface area contributed by atoms with Crippen LogP contribution in [0.3, 0.4) is 0 Å². The number of nitrogens with one attached hydrogen (secondary N) is 1. The standard InChI is InChI=1S/C13H17NO4/c1-9-3-4-10(11(5-9)17-2)18-13(6-12(15)16)7-14-8-13/h3-5,14H,6-8H2,1-2H3,(H,15,16). The molecule has 1 saturated heterocycles. The highest BCUT2D eigenvalue weighted by Crippen LogP contribution is 2.33. The molecule has 1 aromatic carbocycles. The van der Waals surface area contributed by atoms with Crippen LogP contribution in [0.4, 0.5) is 0 Å². The lowest BCUT2D eigenvalue weighted by Gasteiger charge is -2.41. The summed E-state index contributed by atoms with van der Waals surface area (Å²) in [6, 6.07) is 5.60. The summed E-state index contributed by atoms with van der Waals surface area (Å²) in [7, 11) is 1.57. The molecule has 2 N–H and O–H groups in total. The smallest absolute Gasteiger partial charge is 0.307 e. The summed E-state index contributed by atoms with van der Waals surface area (Å²) in [5, 5.41) is 12.0. The molecule has 1 aromatic rings. The first-order valence-electron chi connectivity index (χ1n) is 5.81. The van der Waals surface area contributed by atoms with Crippen LogP contribution >= 0.6 is 0 Å². The minimum Gasteiger partial charge on any atom is -0.493 e. The average Bonchev–Trinajstić information content (AvgIpc) is 2.27. The minimum atomic E-state index is -0.859. The highest BCUT2D eigenvalue weighted by atomic mass is 16.5. The fourth-order valence-electron chi connectivity index (χ4n) is 2.01. The van der Waals surface area contributed by atoms with Crippen molar-refractivity contribution in [2.75, 3.05) is 20.2 Å². The van der Waals surface area contributed by atoms with Gasteiger partial charge in [0.15, 0.2) is 11.5 Å². The molecule has 1 aliphatic rings. The van der Waals surface area contributed by atoms with Crippen LogP contribution in [-0.2, 0) is 4.79 Å². The van der Waals surface area contributed by atoms with E-state index in [1.54, 1.807) is 7.11 Å². The van der Waals surface area contributed by atoms with Gasteiger partial charge in [-0.15, -0.1) is 0 Å². The van der Waals surface area contributed by atoms with Crippen LogP contribution in [0, 0.1) is 6.92 Å². The Bertz CT molecular complexity index is 454. The van der Waals surface area contributed by atoms with Crippen LogP contribution in [0.5, 0.6) is 11.5 Å². The molecule has 5 heteroatoms. The second-order valence-electron chi connectivity index (χ2n) is 4.61. The zero-order valence-electron chi connectivity index (χ0n) is 10.5. The van der Waals surface area contributed by atoms with Crippen LogP contribution < -0.4 is 14.8 Å². The largest absolute Gasteiger partial charge is 0.493 e. The molecule has 0 atom stereocenters. The van der Waals surface area contributed by atoms with Crippen molar-refractivity contribution >= 4 is 5.97 Å². The van der Waals surface area contributed by atoms with Crippen molar-refractivity contribution in [3.63, 3.8) is 0 Å². The Morgan fingerprint density at radius 3 is 2.67 bits per heavy atom. The van der Waals surface area contributed by atoms with Crippen molar-refractivity contribution in [2.24, 2.45) is 0 Å². The van der Waals surface area contributed by atoms with E-state index in [1.807, 2.05) is 25.1 Å². The molecule has 1 aliphatic heterocycles. The van der Waals surface area contributed by atoms with E-state index in [0.717, 1.165) is 5.56 Å². The van der Waals surface area contributed by atoms with Gasteiger partial charge in [0.1, 0.15) is 5.60 Å². The number of carbonyl (C=O) groups is 1. The molecule has 0 radical (unpaired) electrons. The Hall–Kier alpha value is -1.75. The maximum Gasteiger partial charge on any atom is 0.307 e. The molecular formula is C13H17NO4. The fraction of sp³-hybridized carbons (Fsp3) is 0.462. The predicted molar refractivity (Wildman–Crippen MR) is 66.2 cm³/mol. The first-order chi connectivity index (χ1) is 8.54. The third kappa shape index (κ3) is 2.56. The van der Waals surface area contributed by atoms with Crippen LogP contribution in [0.1, 0.15) is 12.0 Å². The Morgan fingerprint density at radius 1 is 1.44 bits per heavy atom. The first-order valence-corrected chi connectivity index (χ1v) is 5.81. The van der Waals surface area contributed by atoms with Gasteiger partial charge in [-0.25, -0.2) is 0 Å². The van der Waals surface area contributed by atoms with E-state index in [9.17, 15) is 4.79 Å². The number of hydrogen-bond acceptors (Lipinski definition) is 4. The molecular weight excluding hydrogens is 234 g/mol. The number of hydrogen-bond donors (Lipinski definition) is 2. The molecule has 18 heavy (non-hydrogen) atoms. The highest BCUT2D eigenvalue weighted by Gasteiger charge is 2.42. The lowest BCUT2D eigenvalue weighted by atomic mass is 9.92. The van der Waals surface area contributed by atoms with Crippen molar-refractivity contribution < 1.29 is 19.4 Å². The second kappa shape index (κ2) is 4.86. The minimum absolute atomic E-state index is 0.0168. The molecule has 0 aromatic heterocycles. The van der Waals surface area contributed by atoms with E-state index < -0.39 is 11.6 Å². The summed E-state index contributed by atoms with van der Waals surface area (Å²) in [6.45, 7) is 3.04. The number of aryl methyl sites for hydroxylation is 1. The summed E-state index contributed by atoms with van der Waals surface area (Å²) >= 11 is 0. The van der Waals surface area contributed by atoms with Gasteiger partial charge >= 0.3 is 5.97 Å². The summed E-state index contributed by atoms with van der Waals surface area (Å²) in [5.41, 5.74) is 0.409. The molecule has 0 spiro atoms. The molecule has 98 valence electrons. The van der Waals surface area contributed by atoms with E-state index >= 15 is 0 Å². The topological polar surface area (TPSA) is 67.8 Å². The first kappa shape index (κ1) is 12.7. The number of rotatable bonds is 5. The van der Waals surface area contributed by atoms with Crippen molar-refractivity contribution in [1.29, 1.82) is 0 Å². The van der Waals surface area contributed by atoms with Crippen molar-refractivity contribution in [1.82, 2.24) is 5.32 Å². The third-order valence-corrected chi connectivity index (χ3v) is 3.01. The maximum atomic E-state index is 10.9. The lowest BCUT2D eigenvalue weighted by Crippen LogP contribution is -2.64. The Labute approximate surface area is 106 Å². The van der Waals surface area contributed by atoms with Crippen molar-refractivity contribution in [2.45, 2.75) is 18.9 Å². The summed E-state index contributed by atoms with van der Waals surface area (Å²) in [6.07, 6.45) is -0.0168. The van der Waals surface area contributed by atoms with Gasteiger partial charge in [0.25, 0.3) is 0 Å². The molecule has 2 rings (SSSR count). The molecule has 5 nitrogen and oxygen atoms in total. The van der Waals surface area contributed by atoms with Crippen molar-refractivity contribution in [3.8, 4) is 11.5 Å². The van der Waals surface area contributed by atoms with Gasteiger partial charge in [-0.3, -0.25) is 4.79 Å². The van der Waals surface area contributed by atoms with E-state index in [0.29, 0.717) is 24.6 Å². The number of carboxylic acid groups (broad SMARTS) is 1. The highest BCUT2D eigenvalue weighted by molar-refractivity contribution is 5.68. The SMILES string of the molecule is COc1cc(C)ccc1OC1(CC(=O)O)CNC1. The van der Waals surface area contributed by atoms with Crippen LogP contribution in [0.15, 0.2) is 18.2 Å². The third-order valence-electron chi connectivity index (χ3n) is 3.01. The van der Waals surface area contributed by atoms with Gasteiger partial charge in [0.2, 0.25) is 0 Å². The van der Waals surface area contributed by atoms with Gasteiger partial charge in [-0.2, -0.15) is 0 Å². The monoisotopic (exact) mass is 251 g/mol. The van der Waals surface area contributed by atoms with Crippen LogP contribution in [0.25, 0.3) is 0 Å².